The minimum atomic E-state index is -0.855. The van der Waals surface area contributed by atoms with E-state index in [0.717, 1.165) is 34.7 Å². The lowest BCUT2D eigenvalue weighted by molar-refractivity contribution is -0.119. The molecule has 0 radical (unpaired) electrons. The zero-order chi connectivity index (χ0) is 19.6. The number of nitrogens with two attached hydrogens (primary N) is 1. The fourth-order valence-electron chi connectivity index (χ4n) is 2.36. The number of nitrogen functional groups attached to an aromatic ring is 1. The van der Waals surface area contributed by atoms with E-state index in [0.29, 0.717) is 10.2 Å². The fourth-order valence-corrected chi connectivity index (χ4v) is 4.18. The summed E-state index contributed by atoms with van der Waals surface area (Å²) in [5.41, 5.74) is 1.26. The third-order valence-electron chi connectivity index (χ3n) is 3.75. The van der Waals surface area contributed by atoms with Gasteiger partial charge in [-0.3, -0.25) is 14.9 Å². The van der Waals surface area contributed by atoms with Crippen molar-refractivity contribution in [2.75, 3.05) is 13.0 Å². The number of methoxy groups -OCH3 is 1. The van der Waals surface area contributed by atoms with Crippen molar-refractivity contribution in [2.24, 2.45) is 0 Å². The summed E-state index contributed by atoms with van der Waals surface area (Å²) in [5, 5.41) is 3.84. The number of hydrogen-bond donors (Lipinski definition) is 2. The van der Waals surface area contributed by atoms with Gasteiger partial charge in [-0.1, -0.05) is 42.1 Å². The van der Waals surface area contributed by atoms with Gasteiger partial charge in [0.1, 0.15) is 4.83 Å². The summed E-state index contributed by atoms with van der Waals surface area (Å²) in [4.78, 5) is 40.9. The zero-order valence-electron chi connectivity index (χ0n) is 14.5. The predicted molar refractivity (Wildman–Crippen MR) is 105 cm³/mol. The quantitative estimate of drug-likeness (QED) is 0.389. The van der Waals surface area contributed by atoms with E-state index in [4.69, 9.17) is 5.84 Å². The van der Waals surface area contributed by atoms with E-state index in [9.17, 15) is 14.4 Å². The fraction of sp³-hybridized carbons (Fsp3) is 0.176. The lowest BCUT2D eigenvalue weighted by Crippen LogP contribution is -2.37. The maximum atomic E-state index is 12.8. The van der Waals surface area contributed by atoms with Crippen LogP contribution < -0.4 is 16.7 Å². The van der Waals surface area contributed by atoms with Crippen molar-refractivity contribution in [3.8, 4) is 11.1 Å². The Balaban J connectivity index is 1.95. The van der Waals surface area contributed by atoms with Crippen LogP contribution in [-0.2, 0) is 9.53 Å². The van der Waals surface area contributed by atoms with Gasteiger partial charge in [0.25, 0.3) is 5.56 Å². The van der Waals surface area contributed by atoms with Gasteiger partial charge in [0.15, 0.2) is 5.16 Å². The summed E-state index contributed by atoms with van der Waals surface area (Å²) in [5.74, 6) is 5.36. The number of amides is 2. The molecule has 0 aliphatic heterocycles. The highest BCUT2D eigenvalue weighted by atomic mass is 32.2. The summed E-state index contributed by atoms with van der Waals surface area (Å²) in [7, 11) is 1.16. The first-order chi connectivity index (χ1) is 12.9. The third-order valence-corrected chi connectivity index (χ3v) is 5.69. The van der Waals surface area contributed by atoms with E-state index in [-0.39, 0.29) is 5.16 Å². The number of nitrogens with zero attached hydrogens (tertiary/aromatic N) is 2. The molecule has 2 heterocycles. The molecule has 0 fully saturated rings. The molecule has 2 amide bonds. The molecule has 3 N–H and O–H groups in total. The van der Waals surface area contributed by atoms with Gasteiger partial charge in [0.2, 0.25) is 5.91 Å². The Morgan fingerprint density at radius 2 is 2.04 bits per heavy atom. The summed E-state index contributed by atoms with van der Waals surface area (Å²) >= 11 is 2.31. The number of thioether (sulfide) groups is 1. The molecule has 0 saturated carbocycles. The van der Waals surface area contributed by atoms with Gasteiger partial charge in [-0.2, -0.15) is 0 Å². The molecule has 0 aliphatic rings. The van der Waals surface area contributed by atoms with E-state index in [1.807, 2.05) is 35.7 Å². The SMILES string of the molecule is COC(=O)NC(=O)[C@H](C)Sc1nc2scc(-c3ccccc3)c2c(=O)n1N. The van der Waals surface area contributed by atoms with Gasteiger partial charge in [-0.05, 0) is 12.5 Å². The number of carbonyl (C=O) groups is 2. The molecular weight excluding hydrogens is 388 g/mol. The minimum Gasteiger partial charge on any atom is -0.453 e. The second-order valence-electron chi connectivity index (χ2n) is 5.51. The number of fused-ring (bicyclic) bond motifs is 1. The molecule has 140 valence electrons. The monoisotopic (exact) mass is 404 g/mol. The lowest BCUT2D eigenvalue weighted by Gasteiger charge is -2.12. The molecular formula is C17H16N4O4S2. The number of ether oxygens (including phenoxy) is 1. The van der Waals surface area contributed by atoms with E-state index < -0.39 is 22.8 Å². The molecule has 0 spiro atoms. The van der Waals surface area contributed by atoms with Gasteiger partial charge in [-0.15, -0.1) is 11.3 Å². The van der Waals surface area contributed by atoms with Crippen LogP contribution in [-0.4, -0.2) is 34.0 Å². The van der Waals surface area contributed by atoms with E-state index in [1.165, 1.54) is 11.3 Å². The van der Waals surface area contributed by atoms with E-state index >= 15 is 0 Å². The van der Waals surface area contributed by atoms with Crippen molar-refractivity contribution < 1.29 is 14.3 Å². The second kappa shape index (κ2) is 7.80. The molecule has 10 heteroatoms. The second-order valence-corrected chi connectivity index (χ2v) is 7.67. The van der Waals surface area contributed by atoms with Crippen molar-refractivity contribution in [3.63, 3.8) is 0 Å². The highest BCUT2D eigenvalue weighted by Crippen LogP contribution is 2.32. The molecule has 3 aromatic rings. The summed E-state index contributed by atoms with van der Waals surface area (Å²) in [6.45, 7) is 1.57. The van der Waals surface area contributed by atoms with E-state index in [2.05, 4.69) is 15.0 Å². The van der Waals surface area contributed by atoms with Crippen LogP contribution in [0.2, 0.25) is 0 Å². The summed E-state index contributed by atoms with van der Waals surface area (Å²) < 4.78 is 5.32. The zero-order valence-corrected chi connectivity index (χ0v) is 16.1. The average molecular weight is 404 g/mol. The van der Waals surface area contributed by atoms with Crippen LogP contribution >= 0.6 is 23.1 Å². The van der Waals surface area contributed by atoms with Crippen LogP contribution in [0.25, 0.3) is 21.3 Å². The van der Waals surface area contributed by atoms with Gasteiger partial charge >= 0.3 is 6.09 Å². The third kappa shape index (κ3) is 3.81. The van der Waals surface area contributed by atoms with Crippen LogP contribution in [0.4, 0.5) is 4.79 Å². The number of hydrogen-bond acceptors (Lipinski definition) is 8. The largest absolute Gasteiger partial charge is 0.453 e. The highest BCUT2D eigenvalue weighted by Gasteiger charge is 2.22. The van der Waals surface area contributed by atoms with Crippen molar-refractivity contribution in [3.05, 3.63) is 46.1 Å². The van der Waals surface area contributed by atoms with Crippen LogP contribution in [0.5, 0.6) is 0 Å². The number of carbonyl (C=O) groups excluding carboxylic acids is 2. The molecule has 0 bridgehead atoms. The van der Waals surface area contributed by atoms with E-state index in [1.54, 1.807) is 6.92 Å². The summed E-state index contributed by atoms with van der Waals surface area (Å²) in [6, 6.07) is 9.48. The van der Waals surface area contributed by atoms with Crippen LogP contribution in [0.3, 0.4) is 0 Å². The normalized spacial score (nSPS) is 11.9. The number of nitrogens with one attached hydrogen (secondary N) is 1. The molecule has 0 saturated heterocycles. The Labute approximate surface area is 162 Å². The Hall–Kier alpha value is -2.85. The number of aromatic nitrogens is 2. The smallest absolute Gasteiger partial charge is 0.413 e. The first kappa shape index (κ1) is 18.9. The van der Waals surface area contributed by atoms with Gasteiger partial charge < -0.3 is 10.6 Å². The lowest BCUT2D eigenvalue weighted by atomic mass is 10.1. The highest BCUT2D eigenvalue weighted by molar-refractivity contribution is 8.00. The Morgan fingerprint density at radius 3 is 2.70 bits per heavy atom. The predicted octanol–water partition coefficient (Wildman–Crippen LogP) is 2.20. The number of imide groups is 1. The van der Waals surface area contributed by atoms with Gasteiger partial charge in [0.05, 0.1) is 17.7 Å². The van der Waals surface area contributed by atoms with Crippen molar-refractivity contribution in [1.82, 2.24) is 15.0 Å². The Kier molecular flexibility index (Phi) is 5.47. The molecule has 27 heavy (non-hydrogen) atoms. The number of benzene rings is 1. The molecule has 0 unspecified atom stereocenters. The molecule has 1 aromatic carbocycles. The van der Waals surface area contributed by atoms with Gasteiger partial charge in [-0.25, -0.2) is 14.5 Å². The maximum Gasteiger partial charge on any atom is 0.413 e. The number of rotatable bonds is 4. The van der Waals surface area contributed by atoms with Crippen LogP contribution in [0, 0.1) is 0 Å². The number of thiophene rings is 1. The van der Waals surface area contributed by atoms with Crippen molar-refractivity contribution in [1.29, 1.82) is 0 Å². The molecule has 3 rings (SSSR count). The van der Waals surface area contributed by atoms with Crippen LogP contribution in [0.1, 0.15) is 6.92 Å². The first-order valence-corrected chi connectivity index (χ1v) is 9.58. The van der Waals surface area contributed by atoms with Gasteiger partial charge in [0, 0.05) is 10.9 Å². The van der Waals surface area contributed by atoms with Crippen molar-refractivity contribution in [2.45, 2.75) is 17.3 Å². The molecule has 2 aromatic heterocycles. The first-order valence-electron chi connectivity index (χ1n) is 7.82. The Morgan fingerprint density at radius 1 is 1.33 bits per heavy atom. The van der Waals surface area contributed by atoms with Crippen molar-refractivity contribution >= 4 is 45.3 Å². The topological polar surface area (TPSA) is 116 Å². The average Bonchev–Trinajstić information content (AvgIpc) is 3.10. The minimum absolute atomic E-state index is 0.182. The Bertz CT molecular complexity index is 1060. The molecule has 1 atom stereocenters. The molecule has 8 nitrogen and oxygen atoms in total. The summed E-state index contributed by atoms with van der Waals surface area (Å²) in [6.07, 6.45) is -0.855. The standard InChI is InChI=1S/C17H16N4O4S2/c1-9(13(22)19-17(24)25-2)27-16-20-14-12(15(23)21(16)18)11(8-26-14)10-6-4-3-5-7-10/h3-9H,18H2,1-2H3,(H,19,22,24)/t9-/m0/s1. The maximum absolute atomic E-state index is 12.8. The molecule has 0 aliphatic carbocycles. The number of alkyl carbamates (subject to hydrolysis) is 1. The van der Waals surface area contributed by atoms with Crippen LogP contribution in [0.15, 0.2) is 45.7 Å².